The Hall–Kier alpha value is -5.63. The number of nitrogens with zero attached hydrogens (tertiary/aromatic N) is 1. The van der Waals surface area contributed by atoms with Crippen molar-refractivity contribution in [3.05, 3.63) is 112 Å². The van der Waals surface area contributed by atoms with Crippen molar-refractivity contribution in [2.24, 2.45) is 0 Å². The minimum absolute atomic E-state index is 0.0229. The summed E-state index contributed by atoms with van der Waals surface area (Å²) in [6.45, 7) is 2.22. The molecule has 0 unspecified atom stereocenters. The van der Waals surface area contributed by atoms with Gasteiger partial charge in [-0.1, -0.05) is 60.2 Å². The highest BCUT2D eigenvalue weighted by Crippen LogP contribution is 2.31. The third-order valence-electron chi connectivity index (χ3n) is 10.3. The van der Waals surface area contributed by atoms with Crippen LogP contribution < -0.4 is 21.3 Å². The van der Waals surface area contributed by atoms with Crippen LogP contribution in [-0.2, 0) is 52.9 Å². The highest BCUT2D eigenvalue weighted by atomic mass is 35.5. The number of esters is 1. The van der Waals surface area contributed by atoms with Gasteiger partial charge in [0.1, 0.15) is 41.7 Å². The Morgan fingerprint density at radius 3 is 2.26 bits per heavy atom. The SMILES string of the molecule is COC(=O)CC[C@H](NC(=O)CCl)C(=O)N1CCCC[C@H]1C(=O)N[C@@H](CC1=CCc2ccccc21)C(=O)N[C@@H](Cc1cc(F)cc(F)c1)C(=O)NCc1ccc(C)cc1. The summed E-state index contributed by atoms with van der Waals surface area (Å²) >= 11 is 5.72. The Morgan fingerprint density at radius 2 is 1.55 bits per heavy atom. The molecular weight excluding hydrogens is 772 g/mol. The monoisotopic (exact) mass is 819 g/mol. The topological polar surface area (TPSA) is 163 Å². The molecule has 5 amide bonds. The third-order valence-corrected chi connectivity index (χ3v) is 10.5. The fourth-order valence-electron chi connectivity index (χ4n) is 7.23. The molecule has 3 aromatic carbocycles. The van der Waals surface area contributed by atoms with Crippen LogP contribution in [0.3, 0.4) is 0 Å². The summed E-state index contributed by atoms with van der Waals surface area (Å²) < 4.78 is 33.3. The Bertz CT molecular complexity index is 2010. The quantitative estimate of drug-likeness (QED) is 0.117. The van der Waals surface area contributed by atoms with Crippen LogP contribution >= 0.6 is 11.6 Å². The predicted molar refractivity (Wildman–Crippen MR) is 213 cm³/mol. The first-order valence-corrected chi connectivity index (χ1v) is 19.8. The Labute approximate surface area is 341 Å². The van der Waals surface area contributed by atoms with Gasteiger partial charge in [-0.2, -0.15) is 0 Å². The molecule has 1 aliphatic heterocycles. The van der Waals surface area contributed by atoms with Crippen molar-refractivity contribution < 1.29 is 42.3 Å². The molecule has 58 heavy (non-hydrogen) atoms. The zero-order chi connectivity index (χ0) is 41.8. The number of piperidine rings is 1. The summed E-state index contributed by atoms with van der Waals surface area (Å²) in [6.07, 6.45) is 3.45. The largest absolute Gasteiger partial charge is 0.469 e. The maximum absolute atomic E-state index is 14.4. The number of amides is 5. The summed E-state index contributed by atoms with van der Waals surface area (Å²) in [5.74, 6) is -5.93. The Balaban J connectivity index is 1.41. The van der Waals surface area contributed by atoms with E-state index >= 15 is 0 Å². The molecule has 12 nitrogen and oxygen atoms in total. The molecule has 1 aliphatic carbocycles. The van der Waals surface area contributed by atoms with E-state index in [1.807, 2.05) is 61.5 Å². The van der Waals surface area contributed by atoms with Crippen LogP contribution in [0.5, 0.6) is 0 Å². The van der Waals surface area contributed by atoms with Crippen LogP contribution in [0, 0.1) is 18.6 Å². The van der Waals surface area contributed by atoms with Gasteiger partial charge in [0.05, 0.1) is 7.11 Å². The van der Waals surface area contributed by atoms with Gasteiger partial charge in [-0.25, -0.2) is 8.78 Å². The third kappa shape index (κ3) is 11.9. The van der Waals surface area contributed by atoms with Crippen molar-refractivity contribution in [1.29, 1.82) is 0 Å². The molecule has 0 aromatic heterocycles. The van der Waals surface area contributed by atoms with E-state index in [1.54, 1.807) is 0 Å². The lowest BCUT2D eigenvalue weighted by Gasteiger charge is -2.37. The van der Waals surface area contributed by atoms with E-state index in [2.05, 4.69) is 21.3 Å². The van der Waals surface area contributed by atoms with Gasteiger partial charge in [-0.05, 0) is 79.0 Å². The van der Waals surface area contributed by atoms with Gasteiger partial charge < -0.3 is 30.9 Å². The average molecular weight is 820 g/mol. The van der Waals surface area contributed by atoms with Crippen molar-refractivity contribution in [2.75, 3.05) is 19.5 Å². The molecule has 308 valence electrons. The maximum atomic E-state index is 14.4. The van der Waals surface area contributed by atoms with Crippen molar-refractivity contribution in [3.63, 3.8) is 0 Å². The van der Waals surface area contributed by atoms with Crippen molar-refractivity contribution in [3.8, 4) is 0 Å². The molecule has 15 heteroatoms. The highest BCUT2D eigenvalue weighted by Gasteiger charge is 2.38. The lowest BCUT2D eigenvalue weighted by Crippen LogP contribution is -2.60. The number of hydrogen-bond acceptors (Lipinski definition) is 7. The Morgan fingerprint density at radius 1 is 0.845 bits per heavy atom. The van der Waals surface area contributed by atoms with Gasteiger partial charge in [-0.3, -0.25) is 28.8 Å². The van der Waals surface area contributed by atoms with E-state index in [-0.39, 0.29) is 50.8 Å². The van der Waals surface area contributed by atoms with Crippen molar-refractivity contribution in [2.45, 2.75) is 89.0 Å². The number of carbonyl (C=O) groups is 6. The van der Waals surface area contributed by atoms with Crippen LogP contribution in [0.15, 0.2) is 72.8 Å². The number of carbonyl (C=O) groups excluding carboxylic acids is 6. The molecule has 0 radical (unpaired) electrons. The van der Waals surface area contributed by atoms with E-state index in [1.165, 1.54) is 12.0 Å². The minimum Gasteiger partial charge on any atom is -0.469 e. The fourth-order valence-corrected chi connectivity index (χ4v) is 7.31. The number of halogens is 3. The number of fused-ring (bicyclic) bond motifs is 1. The second kappa shape index (κ2) is 20.7. The van der Waals surface area contributed by atoms with E-state index in [0.717, 1.165) is 40.0 Å². The number of alkyl halides is 1. The van der Waals surface area contributed by atoms with Crippen LogP contribution in [0.2, 0.25) is 0 Å². The van der Waals surface area contributed by atoms with E-state index in [9.17, 15) is 37.5 Å². The van der Waals surface area contributed by atoms with E-state index in [4.69, 9.17) is 16.3 Å². The van der Waals surface area contributed by atoms with Crippen molar-refractivity contribution in [1.82, 2.24) is 26.2 Å². The molecule has 2 aliphatic rings. The van der Waals surface area contributed by atoms with Crippen molar-refractivity contribution >= 4 is 52.7 Å². The number of likely N-dealkylation sites (tertiary alicyclic amines) is 1. The van der Waals surface area contributed by atoms with Gasteiger partial charge in [-0.15, -0.1) is 11.6 Å². The van der Waals surface area contributed by atoms with E-state index in [0.29, 0.717) is 25.3 Å². The lowest BCUT2D eigenvalue weighted by atomic mass is 9.96. The first-order chi connectivity index (χ1) is 27.8. The number of ether oxygens (including phenoxy) is 1. The van der Waals surface area contributed by atoms with Gasteiger partial charge in [0, 0.05) is 38.4 Å². The van der Waals surface area contributed by atoms with Crippen LogP contribution in [0.1, 0.15) is 66.3 Å². The first kappa shape index (κ1) is 43.5. The number of benzene rings is 3. The summed E-state index contributed by atoms with van der Waals surface area (Å²) in [4.78, 5) is 82.0. The van der Waals surface area contributed by atoms with Gasteiger partial charge >= 0.3 is 5.97 Å². The standard InChI is InChI=1S/C43H48ClF2N5O7/c1-26-10-12-27(13-11-26)25-47-40(54)35(21-28-19-31(45)23-32(46)20-28)49-41(55)36(22-30-15-14-29-7-3-4-8-33(29)30)50-42(56)37-9-5-6-18-51(37)43(57)34(48-38(52)24-44)16-17-39(53)58-2/h3-4,7-8,10-13,15,19-20,23,34-37H,5-6,9,14,16-18,21-22,24-25H2,1-2H3,(H,47,54)(H,48,52)(H,49,55)(H,50,56)/t34-,35-,36-,37-/m0/s1. The van der Waals surface area contributed by atoms with Gasteiger partial charge in [0.25, 0.3) is 0 Å². The average Bonchev–Trinajstić information content (AvgIpc) is 3.63. The molecule has 1 saturated heterocycles. The smallest absolute Gasteiger partial charge is 0.305 e. The first-order valence-electron chi connectivity index (χ1n) is 19.2. The summed E-state index contributed by atoms with van der Waals surface area (Å²) in [7, 11) is 1.20. The fraction of sp³-hybridized carbons (Fsp3) is 0.395. The maximum Gasteiger partial charge on any atom is 0.305 e. The van der Waals surface area contributed by atoms with Gasteiger partial charge in [0.15, 0.2) is 0 Å². The number of methoxy groups -OCH3 is 1. The molecular formula is C43H48ClF2N5O7. The second-order valence-corrected chi connectivity index (χ2v) is 14.8. The number of aryl methyl sites for hydroxylation is 1. The zero-order valence-corrected chi connectivity index (χ0v) is 33.2. The second-order valence-electron chi connectivity index (χ2n) is 14.5. The molecule has 1 heterocycles. The molecule has 4 N–H and O–H groups in total. The number of rotatable bonds is 17. The van der Waals surface area contributed by atoms with Gasteiger partial charge in [0.2, 0.25) is 29.5 Å². The van der Waals surface area contributed by atoms with Crippen LogP contribution in [0.4, 0.5) is 8.78 Å². The molecule has 4 atom stereocenters. The number of hydrogen-bond donors (Lipinski definition) is 4. The summed E-state index contributed by atoms with van der Waals surface area (Å²) in [5, 5.41) is 10.9. The summed E-state index contributed by atoms with van der Waals surface area (Å²) in [6, 6.07) is 13.2. The van der Waals surface area contributed by atoms with E-state index < -0.39 is 77.2 Å². The predicted octanol–water partition coefficient (Wildman–Crippen LogP) is 4.19. The molecule has 0 bridgehead atoms. The van der Waals surface area contributed by atoms with Crippen LogP contribution in [0.25, 0.3) is 5.57 Å². The molecule has 3 aromatic rings. The molecule has 0 spiro atoms. The van der Waals surface area contributed by atoms with Crippen LogP contribution in [-0.4, -0.2) is 84.1 Å². The zero-order valence-electron chi connectivity index (χ0n) is 32.5. The minimum atomic E-state index is -1.31. The highest BCUT2D eigenvalue weighted by molar-refractivity contribution is 6.27. The normalized spacial score (nSPS) is 16.2. The number of allylic oxidation sites excluding steroid dienone is 1. The molecule has 5 rings (SSSR count). The molecule has 0 saturated carbocycles. The summed E-state index contributed by atoms with van der Waals surface area (Å²) in [5.41, 5.74) is 4.66. The Kier molecular flexibility index (Phi) is 15.5. The molecule has 1 fully saturated rings. The lowest BCUT2D eigenvalue weighted by molar-refractivity contribution is -0.146. The number of nitrogens with one attached hydrogen (secondary N) is 4.